The molecule has 0 atom stereocenters. The van der Waals surface area contributed by atoms with E-state index in [2.05, 4.69) is 12.2 Å². The third-order valence-electron chi connectivity index (χ3n) is 2.52. The molecule has 5 heteroatoms. The monoisotopic (exact) mass is 240 g/mol. The van der Waals surface area contributed by atoms with Crippen LogP contribution in [0.5, 0.6) is 0 Å². The van der Waals surface area contributed by atoms with Gasteiger partial charge >= 0.3 is 0 Å². The van der Waals surface area contributed by atoms with Crippen LogP contribution in [0.15, 0.2) is 18.2 Å². The number of halogens is 1. The van der Waals surface area contributed by atoms with Crippen molar-refractivity contribution in [1.82, 2.24) is 0 Å². The van der Waals surface area contributed by atoms with Crippen molar-refractivity contribution >= 4 is 11.4 Å². The lowest BCUT2D eigenvalue weighted by molar-refractivity contribution is -0.384. The molecule has 0 saturated heterocycles. The van der Waals surface area contributed by atoms with Crippen LogP contribution in [-0.4, -0.2) is 11.5 Å². The lowest BCUT2D eigenvalue weighted by atomic mass is 10.2. The number of hydrogen-bond donors (Lipinski definition) is 1. The van der Waals surface area contributed by atoms with Crippen molar-refractivity contribution in [3.63, 3.8) is 0 Å². The summed E-state index contributed by atoms with van der Waals surface area (Å²) in [5.41, 5.74) is -0.213. The highest BCUT2D eigenvalue weighted by Gasteiger charge is 2.16. The van der Waals surface area contributed by atoms with Crippen molar-refractivity contribution in [2.75, 3.05) is 11.9 Å². The number of nitro groups is 1. The molecular formula is C12H17FN2O2. The first kappa shape index (κ1) is 13.4. The van der Waals surface area contributed by atoms with Crippen molar-refractivity contribution in [1.29, 1.82) is 0 Å². The second-order valence-electron chi connectivity index (χ2n) is 3.88. The summed E-state index contributed by atoms with van der Waals surface area (Å²) in [5, 5.41) is 13.5. The summed E-state index contributed by atoms with van der Waals surface area (Å²) in [6, 6.07) is 3.87. The van der Waals surface area contributed by atoms with Crippen LogP contribution >= 0.6 is 0 Å². The average molecular weight is 240 g/mol. The predicted octanol–water partition coefficient (Wildman–Crippen LogP) is 3.73. The average Bonchev–Trinajstić information content (AvgIpc) is 2.30. The largest absolute Gasteiger partial charge is 0.377 e. The van der Waals surface area contributed by atoms with E-state index in [1.807, 2.05) is 0 Å². The molecule has 0 heterocycles. The summed E-state index contributed by atoms with van der Waals surface area (Å²) in [7, 11) is 0. The smallest absolute Gasteiger partial charge is 0.295 e. The van der Waals surface area contributed by atoms with Gasteiger partial charge in [0.15, 0.2) is 5.82 Å². The van der Waals surface area contributed by atoms with Crippen LogP contribution < -0.4 is 5.32 Å². The molecule has 0 aliphatic rings. The van der Waals surface area contributed by atoms with Crippen LogP contribution in [0.4, 0.5) is 15.8 Å². The number of nitrogens with zero attached hydrogens (tertiary/aromatic N) is 1. The summed E-state index contributed by atoms with van der Waals surface area (Å²) < 4.78 is 13.4. The van der Waals surface area contributed by atoms with E-state index >= 15 is 0 Å². The first-order chi connectivity index (χ1) is 8.16. The van der Waals surface area contributed by atoms with E-state index < -0.39 is 10.7 Å². The van der Waals surface area contributed by atoms with E-state index in [1.54, 1.807) is 0 Å². The number of rotatable bonds is 7. The minimum absolute atomic E-state index is 0.00556. The van der Waals surface area contributed by atoms with Gasteiger partial charge in [-0.05, 0) is 12.5 Å². The van der Waals surface area contributed by atoms with Gasteiger partial charge in [-0.25, -0.2) is 4.39 Å². The number of para-hydroxylation sites is 1. The van der Waals surface area contributed by atoms with Gasteiger partial charge in [0.1, 0.15) is 5.69 Å². The predicted molar refractivity (Wildman–Crippen MR) is 65.7 cm³/mol. The molecule has 0 fully saturated rings. The molecule has 17 heavy (non-hydrogen) atoms. The Bertz CT molecular complexity index is 383. The normalized spacial score (nSPS) is 10.2. The SMILES string of the molecule is CCCCCCNc1c(F)cccc1[N+](=O)[O-]. The maximum atomic E-state index is 13.4. The van der Waals surface area contributed by atoms with E-state index in [-0.39, 0.29) is 11.4 Å². The molecule has 0 saturated carbocycles. The van der Waals surface area contributed by atoms with E-state index in [1.165, 1.54) is 18.2 Å². The van der Waals surface area contributed by atoms with Gasteiger partial charge < -0.3 is 5.32 Å². The molecule has 0 bridgehead atoms. The Hall–Kier alpha value is -1.65. The van der Waals surface area contributed by atoms with Crippen LogP contribution in [0.1, 0.15) is 32.6 Å². The molecular weight excluding hydrogens is 223 g/mol. The quantitative estimate of drug-likeness (QED) is 0.449. The number of benzene rings is 1. The van der Waals surface area contributed by atoms with Crippen LogP contribution in [0.25, 0.3) is 0 Å². The van der Waals surface area contributed by atoms with Crippen LogP contribution in [0, 0.1) is 15.9 Å². The highest BCUT2D eigenvalue weighted by atomic mass is 19.1. The Balaban J connectivity index is 2.60. The lowest BCUT2D eigenvalue weighted by Crippen LogP contribution is -2.06. The minimum Gasteiger partial charge on any atom is -0.377 e. The Labute approximate surface area is 100.0 Å². The number of nitrogens with one attached hydrogen (secondary N) is 1. The van der Waals surface area contributed by atoms with Gasteiger partial charge in [-0.2, -0.15) is 0 Å². The zero-order valence-electron chi connectivity index (χ0n) is 9.91. The summed E-state index contributed by atoms with van der Waals surface area (Å²) >= 11 is 0. The van der Waals surface area contributed by atoms with E-state index in [9.17, 15) is 14.5 Å². The van der Waals surface area contributed by atoms with Crippen molar-refractivity contribution in [3.8, 4) is 0 Å². The minimum atomic E-state index is -0.574. The Morgan fingerprint density at radius 2 is 2.12 bits per heavy atom. The fourth-order valence-corrected chi connectivity index (χ4v) is 1.61. The number of nitro benzene ring substituents is 1. The fraction of sp³-hybridized carbons (Fsp3) is 0.500. The summed E-state index contributed by atoms with van der Waals surface area (Å²) in [4.78, 5) is 10.1. The third-order valence-corrected chi connectivity index (χ3v) is 2.52. The molecule has 1 aromatic rings. The van der Waals surface area contributed by atoms with Crippen molar-refractivity contribution in [2.45, 2.75) is 32.6 Å². The third kappa shape index (κ3) is 4.01. The van der Waals surface area contributed by atoms with Crippen molar-refractivity contribution in [3.05, 3.63) is 34.1 Å². The highest BCUT2D eigenvalue weighted by Crippen LogP contribution is 2.26. The Morgan fingerprint density at radius 3 is 2.76 bits per heavy atom. The standard InChI is InChI=1S/C12H17FN2O2/c1-2-3-4-5-9-14-12-10(13)7-6-8-11(12)15(16)17/h6-8,14H,2-5,9H2,1H3. The van der Waals surface area contributed by atoms with Gasteiger partial charge in [0.05, 0.1) is 4.92 Å². The summed E-state index contributed by atoms with van der Waals surface area (Å²) in [6.07, 6.45) is 4.19. The molecule has 0 aromatic heterocycles. The first-order valence-corrected chi connectivity index (χ1v) is 5.83. The molecule has 0 spiro atoms. The summed E-state index contributed by atoms with van der Waals surface area (Å²) in [6.45, 7) is 2.66. The van der Waals surface area contributed by atoms with Gasteiger partial charge in [0.2, 0.25) is 0 Å². The second-order valence-corrected chi connectivity index (χ2v) is 3.88. The van der Waals surface area contributed by atoms with Crippen LogP contribution in [-0.2, 0) is 0 Å². The summed E-state index contributed by atoms with van der Waals surface area (Å²) in [5.74, 6) is -0.574. The zero-order valence-corrected chi connectivity index (χ0v) is 9.91. The van der Waals surface area contributed by atoms with Gasteiger partial charge in [0, 0.05) is 12.6 Å². The maximum Gasteiger partial charge on any atom is 0.295 e. The second kappa shape index (κ2) is 6.83. The van der Waals surface area contributed by atoms with Crippen molar-refractivity contribution < 1.29 is 9.31 Å². The molecule has 1 rings (SSSR count). The fourth-order valence-electron chi connectivity index (χ4n) is 1.61. The van der Waals surface area contributed by atoms with E-state index in [4.69, 9.17) is 0 Å². The molecule has 0 aliphatic carbocycles. The topological polar surface area (TPSA) is 55.2 Å². The van der Waals surface area contributed by atoms with E-state index in [0.717, 1.165) is 25.7 Å². The molecule has 1 N–H and O–H groups in total. The van der Waals surface area contributed by atoms with Crippen molar-refractivity contribution in [2.24, 2.45) is 0 Å². The molecule has 94 valence electrons. The number of unbranched alkanes of at least 4 members (excludes halogenated alkanes) is 3. The van der Waals surface area contributed by atoms with Gasteiger partial charge in [-0.15, -0.1) is 0 Å². The van der Waals surface area contributed by atoms with E-state index in [0.29, 0.717) is 6.54 Å². The molecule has 0 aliphatic heterocycles. The van der Waals surface area contributed by atoms with Crippen LogP contribution in [0.2, 0.25) is 0 Å². The van der Waals surface area contributed by atoms with Gasteiger partial charge in [0.25, 0.3) is 5.69 Å². The zero-order chi connectivity index (χ0) is 12.7. The Morgan fingerprint density at radius 1 is 1.35 bits per heavy atom. The van der Waals surface area contributed by atoms with Gasteiger partial charge in [-0.3, -0.25) is 10.1 Å². The molecule has 4 nitrogen and oxygen atoms in total. The Kier molecular flexibility index (Phi) is 5.39. The van der Waals surface area contributed by atoms with Gasteiger partial charge in [-0.1, -0.05) is 32.3 Å². The first-order valence-electron chi connectivity index (χ1n) is 5.83. The molecule has 0 unspecified atom stereocenters. The van der Waals surface area contributed by atoms with Crippen LogP contribution in [0.3, 0.4) is 0 Å². The maximum absolute atomic E-state index is 13.4. The highest BCUT2D eigenvalue weighted by molar-refractivity contribution is 5.62. The number of anilines is 1. The molecule has 1 aromatic carbocycles. The number of hydrogen-bond acceptors (Lipinski definition) is 3. The lowest BCUT2D eigenvalue weighted by Gasteiger charge is -2.07. The molecule has 0 amide bonds. The molecule has 0 radical (unpaired) electrons.